The molecule has 3 N–H and O–H groups in total. The Bertz CT molecular complexity index is 1050. The first-order chi connectivity index (χ1) is 13.2. The molecule has 27 heavy (non-hydrogen) atoms. The van der Waals surface area contributed by atoms with Crippen molar-refractivity contribution in [2.45, 2.75) is 13.5 Å². The number of aromatic amines is 2. The Morgan fingerprint density at radius 2 is 1.78 bits per heavy atom. The van der Waals surface area contributed by atoms with E-state index in [1.807, 2.05) is 49.4 Å². The van der Waals surface area contributed by atoms with Crippen LogP contribution in [-0.4, -0.2) is 36.3 Å². The second-order valence-electron chi connectivity index (χ2n) is 5.96. The van der Waals surface area contributed by atoms with E-state index >= 15 is 0 Å². The molecule has 4 rings (SSSR count). The van der Waals surface area contributed by atoms with Crippen LogP contribution in [0.15, 0.2) is 54.9 Å². The highest BCUT2D eigenvalue weighted by Gasteiger charge is 2.19. The second kappa shape index (κ2) is 7.20. The van der Waals surface area contributed by atoms with E-state index in [1.54, 1.807) is 12.4 Å². The maximum Gasteiger partial charge on any atom is 0.255 e. The van der Waals surface area contributed by atoms with Crippen molar-refractivity contribution in [3.05, 3.63) is 71.9 Å². The molecule has 8 nitrogen and oxygen atoms in total. The first-order valence-corrected chi connectivity index (χ1v) is 8.42. The predicted molar refractivity (Wildman–Crippen MR) is 99.5 cm³/mol. The maximum atomic E-state index is 12.7. The molecule has 1 aromatic carbocycles. The topological polar surface area (TPSA) is 112 Å². The average molecular weight is 359 g/mol. The van der Waals surface area contributed by atoms with Crippen molar-refractivity contribution < 1.29 is 4.79 Å². The zero-order valence-corrected chi connectivity index (χ0v) is 14.6. The van der Waals surface area contributed by atoms with Crippen molar-refractivity contribution >= 4 is 5.91 Å². The molecule has 0 aliphatic rings. The average Bonchev–Trinajstić information content (AvgIpc) is 3.34. The van der Waals surface area contributed by atoms with E-state index < -0.39 is 0 Å². The number of carbonyl (C=O) groups excluding carboxylic acids is 1. The molecule has 0 aliphatic heterocycles. The summed E-state index contributed by atoms with van der Waals surface area (Å²) in [7, 11) is 0. The Hall–Kier alpha value is -3.81. The van der Waals surface area contributed by atoms with Crippen molar-refractivity contribution in [3.8, 4) is 22.6 Å². The van der Waals surface area contributed by atoms with Crippen LogP contribution >= 0.6 is 0 Å². The molecule has 0 unspecified atom stereocenters. The highest BCUT2D eigenvalue weighted by molar-refractivity contribution is 6.01. The van der Waals surface area contributed by atoms with Gasteiger partial charge in [0.25, 0.3) is 5.91 Å². The fourth-order valence-electron chi connectivity index (χ4n) is 2.77. The van der Waals surface area contributed by atoms with Gasteiger partial charge >= 0.3 is 0 Å². The Labute approximate surface area is 155 Å². The van der Waals surface area contributed by atoms with Gasteiger partial charge in [0.2, 0.25) is 0 Å². The first kappa shape index (κ1) is 16.6. The molecule has 3 aromatic heterocycles. The number of nitrogens with zero attached hydrogens (tertiary/aromatic N) is 4. The number of hydrogen-bond donors (Lipinski definition) is 3. The molecular formula is C19H17N7O. The predicted octanol–water partition coefficient (Wildman–Crippen LogP) is 2.50. The summed E-state index contributed by atoms with van der Waals surface area (Å²) in [4.78, 5) is 21.1. The number of hydrogen-bond acceptors (Lipinski definition) is 5. The van der Waals surface area contributed by atoms with Gasteiger partial charge in [-0.25, -0.2) is 4.98 Å². The lowest BCUT2D eigenvalue weighted by Gasteiger charge is -2.05. The van der Waals surface area contributed by atoms with Crippen LogP contribution in [0.25, 0.3) is 22.6 Å². The number of carbonyl (C=O) groups is 1. The summed E-state index contributed by atoms with van der Waals surface area (Å²) >= 11 is 0. The van der Waals surface area contributed by atoms with E-state index in [0.717, 1.165) is 11.1 Å². The summed E-state index contributed by atoms with van der Waals surface area (Å²) in [6.07, 6.45) is 3.36. The highest BCUT2D eigenvalue weighted by atomic mass is 16.1. The van der Waals surface area contributed by atoms with Gasteiger partial charge in [-0.05, 0) is 19.1 Å². The van der Waals surface area contributed by atoms with Crippen LogP contribution < -0.4 is 5.32 Å². The molecule has 134 valence electrons. The minimum absolute atomic E-state index is 0.220. The number of nitrogens with one attached hydrogen (secondary N) is 3. The lowest BCUT2D eigenvalue weighted by atomic mass is 10.1. The Balaban J connectivity index is 1.50. The van der Waals surface area contributed by atoms with Gasteiger partial charge in [0.15, 0.2) is 5.82 Å². The van der Waals surface area contributed by atoms with E-state index in [9.17, 15) is 4.79 Å². The van der Waals surface area contributed by atoms with Crippen molar-refractivity contribution in [2.75, 3.05) is 0 Å². The molecule has 0 saturated heterocycles. The monoisotopic (exact) mass is 359 g/mol. The van der Waals surface area contributed by atoms with Crippen molar-refractivity contribution in [1.82, 2.24) is 35.7 Å². The van der Waals surface area contributed by atoms with Gasteiger partial charge in [-0.1, -0.05) is 30.3 Å². The zero-order valence-electron chi connectivity index (χ0n) is 14.6. The third-order valence-corrected chi connectivity index (χ3v) is 4.11. The number of benzene rings is 1. The zero-order chi connectivity index (χ0) is 18.6. The summed E-state index contributed by atoms with van der Waals surface area (Å²) in [6.45, 7) is 2.06. The van der Waals surface area contributed by atoms with Crippen LogP contribution in [-0.2, 0) is 6.54 Å². The Morgan fingerprint density at radius 1 is 1.00 bits per heavy atom. The summed E-state index contributed by atoms with van der Waals surface area (Å²) in [6, 6.07) is 13.2. The number of H-pyrrole nitrogens is 2. The van der Waals surface area contributed by atoms with Gasteiger partial charge < -0.3 is 5.32 Å². The van der Waals surface area contributed by atoms with Gasteiger partial charge in [-0.2, -0.15) is 10.2 Å². The molecule has 0 fully saturated rings. The van der Waals surface area contributed by atoms with E-state index in [-0.39, 0.29) is 12.5 Å². The maximum absolute atomic E-state index is 12.7. The van der Waals surface area contributed by atoms with Crippen LogP contribution in [0.5, 0.6) is 0 Å². The number of aromatic nitrogens is 6. The summed E-state index contributed by atoms with van der Waals surface area (Å²) in [5.41, 5.74) is 3.60. The van der Waals surface area contributed by atoms with E-state index in [2.05, 4.69) is 35.7 Å². The summed E-state index contributed by atoms with van der Waals surface area (Å²) in [5.74, 6) is 0.908. The van der Waals surface area contributed by atoms with Gasteiger partial charge in [-0.3, -0.25) is 20.0 Å². The van der Waals surface area contributed by atoms with Crippen LogP contribution in [0.3, 0.4) is 0 Å². The number of aryl methyl sites for hydroxylation is 1. The van der Waals surface area contributed by atoms with Crippen molar-refractivity contribution in [1.29, 1.82) is 0 Å². The highest BCUT2D eigenvalue weighted by Crippen LogP contribution is 2.23. The normalized spacial score (nSPS) is 10.7. The Morgan fingerprint density at radius 3 is 2.56 bits per heavy atom. The lowest BCUT2D eigenvalue weighted by Crippen LogP contribution is -2.24. The van der Waals surface area contributed by atoms with Crippen LogP contribution in [0.1, 0.15) is 21.9 Å². The second-order valence-corrected chi connectivity index (χ2v) is 5.96. The molecule has 0 radical (unpaired) electrons. The summed E-state index contributed by atoms with van der Waals surface area (Å²) in [5, 5.41) is 17.1. The standard InChI is InChI=1S/C19H17N7O/c1-12-16(17(25-23-12)13-5-3-2-4-6-13)19(27)21-11-15-22-18(26-24-15)14-7-9-20-10-8-14/h2-10H,11H2,1H3,(H,21,27)(H,23,25)(H,22,24,26). The SMILES string of the molecule is Cc1[nH]nc(-c2ccccc2)c1C(=O)NCc1nc(-c2ccncc2)n[nH]1. The molecule has 0 saturated carbocycles. The first-order valence-electron chi connectivity index (χ1n) is 8.42. The minimum atomic E-state index is -0.220. The van der Waals surface area contributed by atoms with Gasteiger partial charge in [-0.15, -0.1) is 0 Å². The third kappa shape index (κ3) is 3.45. The third-order valence-electron chi connectivity index (χ3n) is 4.11. The van der Waals surface area contributed by atoms with Crippen molar-refractivity contribution in [3.63, 3.8) is 0 Å². The van der Waals surface area contributed by atoms with Gasteiger partial charge in [0.05, 0.1) is 12.1 Å². The lowest BCUT2D eigenvalue weighted by molar-refractivity contribution is 0.0950. The minimum Gasteiger partial charge on any atom is -0.345 e. The molecule has 0 spiro atoms. The van der Waals surface area contributed by atoms with Crippen LogP contribution in [0.4, 0.5) is 0 Å². The fourth-order valence-corrected chi connectivity index (χ4v) is 2.77. The Kier molecular flexibility index (Phi) is 4.44. The molecule has 8 heteroatoms. The molecule has 1 amide bonds. The van der Waals surface area contributed by atoms with E-state index in [0.29, 0.717) is 28.6 Å². The molecule has 0 bridgehead atoms. The fraction of sp³-hybridized carbons (Fsp3) is 0.105. The van der Waals surface area contributed by atoms with Crippen LogP contribution in [0.2, 0.25) is 0 Å². The molecule has 0 atom stereocenters. The number of amides is 1. The molecule has 3 heterocycles. The van der Waals surface area contributed by atoms with Gasteiger partial charge in [0.1, 0.15) is 11.5 Å². The summed E-state index contributed by atoms with van der Waals surface area (Å²) < 4.78 is 0. The van der Waals surface area contributed by atoms with Gasteiger partial charge in [0, 0.05) is 29.2 Å². The molecule has 0 aliphatic carbocycles. The van der Waals surface area contributed by atoms with E-state index in [1.165, 1.54) is 0 Å². The van der Waals surface area contributed by atoms with Crippen LogP contribution in [0, 0.1) is 6.92 Å². The van der Waals surface area contributed by atoms with Crippen molar-refractivity contribution in [2.24, 2.45) is 0 Å². The number of pyridine rings is 1. The largest absolute Gasteiger partial charge is 0.345 e. The smallest absolute Gasteiger partial charge is 0.255 e. The van der Waals surface area contributed by atoms with E-state index in [4.69, 9.17) is 0 Å². The molecule has 4 aromatic rings. The molecular weight excluding hydrogens is 342 g/mol. The number of rotatable bonds is 5. The quantitative estimate of drug-likeness (QED) is 0.507.